The van der Waals surface area contributed by atoms with Crippen molar-refractivity contribution in [2.75, 3.05) is 18.5 Å². The van der Waals surface area contributed by atoms with E-state index in [9.17, 15) is 4.79 Å². The Morgan fingerprint density at radius 2 is 2.10 bits per heavy atom. The molecule has 2 rings (SSSR count). The zero-order chi connectivity index (χ0) is 15.2. The molecule has 0 saturated carbocycles. The van der Waals surface area contributed by atoms with Crippen LogP contribution >= 0.6 is 0 Å². The van der Waals surface area contributed by atoms with Gasteiger partial charge in [0, 0.05) is 5.69 Å². The van der Waals surface area contributed by atoms with Gasteiger partial charge in [-0.2, -0.15) is 0 Å². The number of carboxylic acid groups (broad SMARTS) is 1. The summed E-state index contributed by atoms with van der Waals surface area (Å²) in [5.41, 5.74) is 1.71. The summed E-state index contributed by atoms with van der Waals surface area (Å²) >= 11 is 0. The summed E-state index contributed by atoms with van der Waals surface area (Å²) in [6, 6.07) is 9.20. The van der Waals surface area contributed by atoms with Crippen LogP contribution in [0.5, 0.6) is 5.75 Å². The summed E-state index contributed by atoms with van der Waals surface area (Å²) in [7, 11) is 0. The normalized spacial score (nSPS) is 10.2. The van der Waals surface area contributed by atoms with Gasteiger partial charge in [0.25, 0.3) is 0 Å². The van der Waals surface area contributed by atoms with Gasteiger partial charge in [-0.1, -0.05) is 12.1 Å². The maximum atomic E-state index is 10.9. The highest BCUT2D eigenvalue weighted by Crippen LogP contribution is 2.12. The third-order valence-corrected chi connectivity index (χ3v) is 2.72. The minimum absolute atomic E-state index is 0.0235. The van der Waals surface area contributed by atoms with Crippen molar-refractivity contribution in [2.45, 2.75) is 13.8 Å². The third-order valence-electron chi connectivity index (χ3n) is 2.72. The molecule has 6 nitrogen and oxygen atoms in total. The summed E-state index contributed by atoms with van der Waals surface area (Å²) < 4.78 is 5.58. The lowest BCUT2D eigenvalue weighted by atomic mass is 10.2. The van der Waals surface area contributed by atoms with Crippen LogP contribution < -0.4 is 10.1 Å². The molecule has 0 aliphatic heterocycles. The number of carboxylic acids is 1. The van der Waals surface area contributed by atoms with Gasteiger partial charge in [-0.15, -0.1) is 0 Å². The van der Waals surface area contributed by atoms with Gasteiger partial charge in [-0.05, 0) is 37.6 Å². The molecule has 6 heteroatoms. The fourth-order valence-corrected chi connectivity index (χ4v) is 1.79. The van der Waals surface area contributed by atoms with Gasteiger partial charge in [0.05, 0.1) is 6.54 Å². The molecule has 1 aromatic carbocycles. The molecule has 0 amide bonds. The predicted molar refractivity (Wildman–Crippen MR) is 78.9 cm³/mol. The van der Waals surface area contributed by atoms with Crippen molar-refractivity contribution < 1.29 is 14.6 Å². The number of aromatic carboxylic acids is 1. The van der Waals surface area contributed by atoms with Crippen LogP contribution in [0.3, 0.4) is 0 Å². The summed E-state index contributed by atoms with van der Waals surface area (Å²) in [4.78, 5) is 19.0. The first-order valence-corrected chi connectivity index (χ1v) is 6.57. The van der Waals surface area contributed by atoms with Gasteiger partial charge < -0.3 is 15.2 Å². The fraction of sp³-hybridized carbons (Fsp3) is 0.267. The second-order valence-corrected chi connectivity index (χ2v) is 4.62. The van der Waals surface area contributed by atoms with E-state index in [0.717, 1.165) is 11.3 Å². The molecule has 0 unspecified atom stereocenters. The Morgan fingerprint density at radius 1 is 1.29 bits per heavy atom. The van der Waals surface area contributed by atoms with E-state index < -0.39 is 5.97 Å². The molecule has 0 fully saturated rings. The first kappa shape index (κ1) is 14.8. The smallest absolute Gasteiger partial charge is 0.354 e. The van der Waals surface area contributed by atoms with Gasteiger partial charge in [0.2, 0.25) is 5.95 Å². The standard InChI is InChI=1S/C15H17N3O3/c1-10-4-3-5-12(8-10)21-7-6-16-15-17-11(2)9-13(18-15)14(19)20/h3-5,8-9H,6-7H2,1-2H3,(H,19,20)(H,16,17,18). The van der Waals surface area contributed by atoms with E-state index in [2.05, 4.69) is 15.3 Å². The van der Waals surface area contributed by atoms with E-state index in [4.69, 9.17) is 9.84 Å². The zero-order valence-electron chi connectivity index (χ0n) is 12.0. The number of aryl methyl sites for hydroxylation is 2. The maximum Gasteiger partial charge on any atom is 0.354 e. The van der Waals surface area contributed by atoms with Crippen molar-refractivity contribution in [1.29, 1.82) is 0 Å². The molecule has 21 heavy (non-hydrogen) atoms. The first-order chi connectivity index (χ1) is 10.0. The highest BCUT2D eigenvalue weighted by molar-refractivity contribution is 5.85. The summed E-state index contributed by atoms with van der Waals surface area (Å²) in [6.45, 7) is 4.64. The number of anilines is 1. The number of hydrogen-bond donors (Lipinski definition) is 2. The van der Waals surface area contributed by atoms with E-state index in [1.165, 1.54) is 6.07 Å². The Labute approximate surface area is 122 Å². The van der Waals surface area contributed by atoms with E-state index in [-0.39, 0.29) is 5.69 Å². The Morgan fingerprint density at radius 3 is 2.81 bits per heavy atom. The Hall–Kier alpha value is -2.63. The molecule has 2 N–H and O–H groups in total. The Kier molecular flexibility index (Phi) is 4.71. The highest BCUT2D eigenvalue weighted by atomic mass is 16.5. The minimum atomic E-state index is -1.07. The summed E-state index contributed by atoms with van der Waals surface area (Å²) in [5.74, 6) is 0.0213. The molecule has 1 aromatic heterocycles. The number of ether oxygens (including phenoxy) is 1. The molecular weight excluding hydrogens is 270 g/mol. The molecular formula is C15H17N3O3. The number of nitrogens with zero attached hydrogens (tertiary/aromatic N) is 2. The molecule has 0 saturated heterocycles. The first-order valence-electron chi connectivity index (χ1n) is 6.57. The number of rotatable bonds is 6. The summed E-state index contributed by atoms with van der Waals surface area (Å²) in [5, 5.41) is 11.9. The fourth-order valence-electron chi connectivity index (χ4n) is 1.79. The van der Waals surface area contributed by atoms with Crippen molar-refractivity contribution in [1.82, 2.24) is 9.97 Å². The van der Waals surface area contributed by atoms with Crippen molar-refractivity contribution in [3.05, 3.63) is 47.3 Å². The zero-order valence-corrected chi connectivity index (χ0v) is 12.0. The molecule has 0 aliphatic rings. The van der Waals surface area contributed by atoms with Crippen LogP contribution in [-0.4, -0.2) is 34.2 Å². The van der Waals surface area contributed by atoms with Gasteiger partial charge in [-0.3, -0.25) is 0 Å². The molecule has 0 atom stereocenters. The van der Waals surface area contributed by atoms with Crippen LogP contribution in [0.2, 0.25) is 0 Å². The lowest BCUT2D eigenvalue weighted by Crippen LogP contribution is -2.15. The van der Waals surface area contributed by atoms with E-state index >= 15 is 0 Å². The maximum absolute atomic E-state index is 10.9. The van der Waals surface area contributed by atoms with Crippen LogP contribution in [0.4, 0.5) is 5.95 Å². The minimum Gasteiger partial charge on any atom is -0.492 e. The largest absolute Gasteiger partial charge is 0.492 e. The van der Waals surface area contributed by atoms with Gasteiger partial charge in [0.15, 0.2) is 5.69 Å². The van der Waals surface area contributed by atoms with Gasteiger partial charge in [0.1, 0.15) is 12.4 Å². The number of nitrogens with one attached hydrogen (secondary N) is 1. The molecule has 2 aromatic rings. The van der Waals surface area contributed by atoms with Crippen LogP contribution in [0.1, 0.15) is 21.7 Å². The number of carbonyl (C=O) groups is 1. The van der Waals surface area contributed by atoms with E-state index in [1.54, 1.807) is 6.92 Å². The summed E-state index contributed by atoms with van der Waals surface area (Å²) in [6.07, 6.45) is 0. The lowest BCUT2D eigenvalue weighted by Gasteiger charge is -2.09. The lowest BCUT2D eigenvalue weighted by molar-refractivity contribution is 0.0690. The monoisotopic (exact) mass is 287 g/mol. The third kappa shape index (κ3) is 4.45. The van der Waals surface area contributed by atoms with E-state index in [0.29, 0.717) is 24.8 Å². The van der Waals surface area contributed by atoms with Crippen molar-refractivity contribution in [3.8, 4) is 5.75 Å². The van der Waals surface area contributed by atoms with Gasteiger partial charge in [-0.25, -0.2) is 14.8 Å². The quantitative estimate of drug-likeness (QED) is 0.793. The Bertz CT molecular complexity index is 644. The van der Waals surface area contributed by atoms with Crippen molar-refractivity contribution in [2.24, 2.45) is 0 Å². The average molecular weight is 287 g/mol. The molecule has 110 valence electrons. The predicted octanol–water partition coefficient (Wildman–Crippen LogP) is 2.28. The van der Waals surface area contributed by atoms with Crippen molar-refractivity contribution >= 4 is 11.9 Å². The molecule has 0 aliphatic carbocycles. The molecule has 0 spiro atoms. The molecule has 0 bridgehead atoms. The van der Waals surface area contributed by atoms with E-state index in [1.807, 2.05) is 31.2 Å². The average Bonchev–Trinajstić information content (AvgIpc) is 2.43. The van der Waals surface area contributed by atoms with Crippen molar-refractivity contribution in [3.63, 3.8) is 0 Å². The number of benzene rings is 1. The topological polar surface area (TPSA) is 84.3 Å². The SMILES string of the molecule is Cc1cccc(OCCNc2nc(C)cc(C(=O)O)n2)c1. The molecule has 1 heterocycles. The van der Waals surface area contributed by atoms with Crippen LogP contribution in [0.25, 0.3) is 0 Å². The van der Waals surface area contributed by atoms with Crippen LogP contribution in [0.15, 0.2) is 30.3 Å². The number of aromatic nitrogens is 2. The number of hydrogen-bond acceptors (Lipinski definition) is 5. The van der Waals surface area contributed by atoms with Crippen LogP contribution in [0, 0.1) is 13.8 Å². The van der Waals surface area contributed by atoms with Gasteiger partial charge >= 0.3 is 5.97 Å². The van der Waals surface area contributed by atoms with Crippen LogP contribution in [-0.2, 0) is 0 Å². The Balaban J connectivity index is 1.87. The second-order valence-electron chi connectivity index (χ2n) is 4.62. The molecule has 0 radical (unpaired) electrons. The highest BCUT2D eigenvalue weighted by Gasteiger charge is 2.08. The second kappa shape index (κ2) is 6.69.